The number of hydrogen-bond acceptors (Lipinski definition) is 5. The highest BCUT2D eigenvalue weighted by Crippen LogP contribution is 2.21. The van der Waals surface area contributed by atoms with Crippen molar-refractivity contribution in [1.29, 1.82) is 0 Å². The number of anilines is 1. The number of unbranched alkanes of at least 4 members (excludes halogenated alkanes) is 1. The van der Waals surface area contributed by atoms with E-state index in [1.165, 1.54) is 0 Å². The van der Waals surface area contributed by atoms with Crippen LogP contribution in [-0.2, 0) is 9.47 Å². The van der Waals surface area contributed by atoms with Crippen LogP contribution in [-0.4, -0.2) is 74.5 Å². The van der Waals surface area contributed by atoms with E-state index in [9.17, 15) is 0 Å². The van der Waals surface area contributed by atoms with Crippen molar-refractivity contribution in [2.24, 2.45) is 4.99 Å². The van der Waals surface area contributed by atoms with Crippen LogP contribution in [0.5, 0.6) is 0 Å². The van der Waals surface area contributed by atoms with E-state index < -0.39 is 0 Å². The van der Waals surface area contributed by atoms with Gasteiger partial charge in [-0.1, -0.05) is 6.07 Å². The summed E-state index contributed by atoms with van der Waals surface area (Å²) in [5.41, 5.74) is 0. The van der Waals surface area contributed by atoms with Crippen LogP contribution in [0.2, 0.25) is 0 Å². The Bertz CT molecular complexity index is 548. The number of pyridine rings is 1. The third-order valence-corrected chi connectivity index (χ3v) is 4.84. The summed E-state index contributed by atoms with van der Waals surface area (Å²) in [7, 11) is 1.85. The highest BCUT2D eigenvalue weighted by atomic mass is 16.5. The molecule has 7 heteroatoms. The Balaban J connectivity index is 1.33. The van der Waals surface area contributed by atoms with E-state index in [-0.39, 0.29) is 12.2 Å². The van der Waals surface area contributed by atoms with E-state index >= 15 is 0 Å². The van der Waals surface area contributed by atoms with Crippen LogP contribution in [0.4, 0.5) is 5.82 Å². The van der Waals surface area contributed by atoms with Crippen molar-refractivity contribution in [3.63, 3.8) is 0 Å². The van der Waals surface area contributed by atoms with Gasteiger partial charge in [0, 0.05) is 46.0 Å². The Morgan fingerprint density at radius 1 is 1.23 bits per heavy atom. The van der Waals surface area contributed by atoms with Gasteiger partial charge in [-0.05, 0) is 37.8 Å². The van der Waals surface area contributed by atoms with Gasteiger partial charge in [0.2, 0.25) is 0 Å². The summed E-state index contributed by atoms with van der Waals surface area (Å²) < 4.78 is 11.7. The minimum Gasteiger partial charge on any atom is -0.375 e. The standard InChI is InChI=1S/C19H31N5O2/c1-20-19(23-11-5-4-10-22-18-8-2-3-9-21-18)24-12-14-26-17(15-24)16-7-6-13-25-16/h2-3,8-9,16-17H,4-7,10-15H2,1H3,(H,20,23)(H,21,22). The number of aromatic nitrogens is 1. The van der Waals surface area contributed by atoms with Gasteiger partial charge in [-0.15, -0.1) is 0 Å². The molecule has 7 nitrogen and oxygen atoms in total. The maximum Gasteiger partial charge on any atom is 0.193 e. The lowest BCUT2D eigenvalue weighted by atomic mass is 10.1. The summed E-state index contributed by atoms with van der Waals surface area (Å²) in [6.07, 6.45) is 6.62. The summed E-state index contributed by atoms with van der Waals surface area (Å²) in [4.78, 5) is 11.0. The van der Waals surface area contributed by atoms with E-state index in [1.54, 1.807) is 6.20 Å². The number of rotatable bonds is 7. The van der Waals surface area contributed by atoms with Crippen LogP contribution >= 0.6 is 0 Å². The number of nitrogens with zero attached hydrogens (tertiary/aromatic N) is 3. The number of hydrogen-bond donors (Lipinski definition) is 2. The second-order valence-electron chi connectivity index (χ2n) is 6.73. The number of guanidine groups is 1. The van der Waals surface area contributed by atoms with E-state index in [0.717, 1.165) is 76.9 Å². The van der Waals surface area contributed by atoms with Gasteiger partial charge >= 0.3 is 0 Å². The molecule has 0 bridgehead atoms. The SMILES string of the molecule is CN=C(NCCCCNc1ccccn1)N1CCOC(C2CCCO2)C1. The molecule has 2 unspecified atom stereocenters. The highest BCUT2D eigenvalue weighted by molar-refractivity contribution is 5.80. The average molecular weight is 361 g/mol. The molecule has 1 aromatic rings. The van der Waals surface area contributed by atoms with Crippen molar-refractivity contribution in [1.82, 2.24) is 15.2 Å². The summed E-state index contributed by atoms with van der Waals surface area (Å²) >= 11 is 0. The molecule has 2 aliphatic rings. The molecule has 0 radical (unpaired) electrons. The van der Waals surface area contributed by atoms with Gasteiger partial charge in [0.1, 0.15) is 11.9 Å². The van der Waals surface area contributed by atoms with Crippen molar-refractivity contribution >= 4 is 11.8 Å². The first-order valence-electron chi connectivity index (χ1n) is 9.70. The molecule has 0 aliphatic carbocycles. The quantitative estimate of drug-likeness (QED) is 0.438. The Hall–Kier alpha value is -1.86. The first-order valence-corrected chi connectivity index (χ1v) is 9.70. The third kappa shape index (κ3) is 5.57. The molecule has 3 rings (SSSR count). The van der Waals surface area contributed by atoms with Crippen LogP contribution in [0.3, 0.4) is 0 Å². The van der Waals surface area contributed by atoms with Crippen molar-refractivity contribution in [2.75, 3.05) is 51.8 Å². The summed E-state index contributed by atoms with van der Waals surface area (Å²) in [5, 5.41) is 6.82. The fourth-order valence-corrected chi connectivity index (χ4v) is 3.45. The number of aliphatic imine (C=N–C) groups is 1. The van der Waals surface area contributed by atoms with Crippen molar-refractivity contribution in [3.8, 4) is 0 Å². The zero-order valence-corrected chi connectivity index (χ0v) is 15.7. The van der Waals surface area contributed by atoms with Crippen LogP contribution in [0.25, 0.3) is 0 Å². The molecule has 2 saturated heterocycles. The van der Waals surface area contributed by atoms with Crippen LogP contribution in [0.1, 0.15) is 25.7 Å². The first kappa shape index (κ1) is 18.9. The number of nitrogens with one attached hydrogen (secondary N) is 2. The third-order valence-electron chi connectivity index (χ3n) is 4.84. The fourth-order valence-electron chi connectivity index (χ4n) is 3.45. The second-order valence-corrected chi connectivity index (χ2v) is 6.73. The van der Waals surface area contributed by atoms with Crippen LogP contribution < -0.4 is 10.6 Å². The molecule has 0 spiro atoms. The lowest BCUT2D eigenvalue weighted by Gasteiger charge is -2.37. The highest BCUT2D eigenvalue weighted by Gasteiger charge is 2.32. The lowest BCUT2D eigenvalue weighted by Crippen LogP contribution is -2.53. The molecular weight excluding hydrogens is 330 g/mol. The van der Waals surface area contributed by atoms with Gasteiger partial charge in [0.05, 0.1) is 12.7 Å². The van der Waals surface area contributed by atoms with Crippen LogP contribution in [0.15, 0.2) is 29.4 Å². The Morgan fingerprint density at radius 2 is 2.12 bits per heavy atom. The Kier molecular flexibility index (Phi) is 7.51. The predicted octanol–water partition coefficient (Wildman–Crippen LogP) is 1.73. The normalized spacial score (nSPS) is 23.9. The maximum atomic E-state index is 5.92. The fraction of sp³-hybridized carbons (Fsp3) is 0.684. The topological polar surface area (TPSA) is 71.0 Å². The van der Waals surface area contributed by atoms with Crippen LogP contribution in [0, 0.1) is 0 Å². The molecule has 2 fully saturated rings. The molecular formula is C19H31N5O2. The van der Waals surface area contributed by atoms with E-state index in [4.69, 9.17) is 9.47 Å². The summed E-state index contributed by atoms with van der Waals surface area (Å²) in [6, 6.07) is 5.91. The van der Waals surface area contributed by atoms with E-state index in [1.807, 2.05) is 25.2 Å². The molecule has 144 valence electrons. The summed E-state index contributed by atoms with van der Waals surface area (Å²) in [5.74, 6) is 1.90. The van der Waals surface area contributed by atoms with Crippen molar-refractivity contribution in [2.45, 2.75) is 37.9 Å². The van der Waals surface area contributed by atoms with E-state index in [0.29, 0.717) is 0 Å². The van der Waals surface area contributed by atoms with Gasteiger partial charge in [-0.3, -0.25) is 4.99 Å². The Morgan fingerprint density at radius 3 is 2.88 bits per heavy atom. The molecule has 26 heavy (non-hydrogen) atoms. The molecule has 0 amide bonds. The zero-order valence-electron chi connectivity index (χ0n) is 15.7. The molecule has 3 heterocycles. The molecule has 1 aromatic heterocycles. The average Bonchev–Trinajstić information content (AvgIpc) is 3.23. The maximum absolute atomic E-state index is 5.92. The van der Waals surface area contributed by atoms with Gasteiger partial charge in [-0.25, -0.2) is 4.98 Å². The minimum atomic E-state index is 0.160. The van der Waals surface area contributed by atoms with Gasteiger partial charge < -0.3 is 25.0 Å². The predicted molar refractivity (Wildman–Crippen MR) is 104 cm³/mol. The minimum absolute atomic E-state index is 0.160. The van der Waals surface area contributed by atoms with Crippen molar-refractivity contribution in [3.05, 3.63) is 24.4 Å². The van der Waals surface area contributed by atoms with E-state index in [2.05, 4.69) is 25.5 Å². The van der Waals surface area contributed by atoms with Gasteiger partial charge in [0.15, 0.2) is 5.96 Å². The monoisotopic (exact) mass is 361 g/mol. The molecule has 2 N–H and O–H groups in total. The largest absolute Gasteiger partial charge is 0.375 e. The molecule has 2 atom stereocenters. The molecule has 2 aliphatic heterocycles. The van der Waals surface area contributed by atoms with Gasteiger partial charge in [-0.2, -0.15) is 0 Å². The van der Waals surface area contributed by atoms with Crippen molar-refractivity contribution < 1.29 is 9.47 Å². The second kappa shape index (κ2) is 10.3. The molecule has 0 saturated carbocycles. The number of morpholine rings is 1. The smallest absolute Gasteiger partial charge is 0.193 e. The molecule has 0 aromatic carbocycles. The van der Waals surface area contributed by atoms with Gasteiger partial charge in [0.25, 0.3) is 0 Å². The number of ether oxygens (including phenoxy) is 2. The zero-order chi connectivity index (χ0) is 18.0. The summed E-state index contributed by atoms with van der Waals surface area (Å²) in [6.45, 7) is 5.17. The lowest BCUT2D eigenvalue weighted by molar-refractivity contribution is -0.0816. The first-order chi connectivity index (χ1) is 12.9. The Labute approximate surface area is 156 Å².